The van der Waals surface area contributed by atoms with E-state index in [9.17, 15) is 9.59 Å². The standard InChI is InChI=1S/C31H27BrN4O3S2/c1-19-3-11-23(12-4-19)35-30(38)29-25(15-16-40-29)33-31(35)41-18-28(37)36-27(21-7-13-24(39-2)14-8-21)17-26(34-36)20-5-9-22(32)10-6-20/h3-14,27H,15-18H2,1-2H3. The van der Waals surface area contributed by atoms with E-state index in [2.05, 4.69) is 15.9 Å². The van der Waals surface area contributed by atoms with E-state index in [-0.39, 0.29) is 23.3 Å². The molecule has 0 bridgehead atoms. The molecule has 0 fully saturated rings. The van der Waals surface area contributed by atoms with E-state index in [1.165, 1.54) is 11.8 Å². The Morgan fingerprint density at radius 1 is 1.07 bits per heavy atom. The highest BCUT2D eigenvalue weighted by atomic mass is 79.9. The summed E-state index contributed by atoms with van der Waals surface area (Å²) in [5.74, 6) is 1.53. The first kappa shape index (κ1) is 27.8. The van der Waals surface area contributed by atoms with Crippen LogP contribution in [0.3, 0.4) is 0 Å². The predicted octanol–water partition coefficient (Wildman–Crippen LogP) is 6.43. The summed E-state index contributed by atoms with van der Waals surface area (Å²) in [6.07, 6.45) is 1.34. The number of carbonyl (C=O) groups is 1. The summed E-state index contributed by atoms with van der Waals surface area (Å²) in [5.41, 5.74) is 5.37. The molecular weight excluding hydrogens is 620 g/mol. The van der Waals surface area contributed by atoms with Crippen molar-refractivity contribution in [3.8, 4) is 11.4 Å². The fourth-order valence-corrected chi connectivity index (χ4v) is 7.12. The Bertz CT molecular complexity index is 1690. The number of amides is 1. The third-order valence-corrected chi connectivity index (χ3v) is 9.69. The van der Waals surface area contributed by atoms with Gasteiger partial charge in [-0.15, -0.1) is 11.8 Å². The minimum absolute atomic E-state index is 0.0795. The molecule has 1 atom stereocenters. The van der Waals surface area contributed by atoms with E-state index in [0.717, 1.165) is 56.2 Å². The molecule has 1 amide bonds. The van der Waals surface area contributed by atoms with Crippen molar-refractivity contribution in [1.82, 2.24) is 14.6 Å². The van der Waals surface area contributed by atoms with Crippen LogP contribution in [0, 0.1) is 6.92 Å². The van der Waals surface area contributed by atoms with E-state index < -0.39 is 0 Å². The number of benzene rings is 3. The zero-order chi connectivity index (χ0) is 28.5. The molecular formula is C31H27BrN4O3S2. The Kier molecular flexibility index (Phi) is 8.05. The number of halogens is 1. The lowest BCUT2D eigenvalue weighted by atomic mass is 9.98. The SMILES string of the molecule is COc1ccc(C2CC(c3ccc(Br)cc3)=NN2C(=O)CSc2nc3c(c(=O)n2-c2ccc(C)cc2)SCC3)cc1. The van der Waals surface area contributed by atoms with Gasteiger partial charge in [0.25, 0.3) is 11.5 Å². The van der Waals surface area contributed by atoms with Crippen LogP contribution in [-0.2, 0) is 11.2 Å². The van der Waals surface area contributed by atoms with Gasteiger partial charge in [-0.25, -0.2) is 9.99 Å². The highest BCUT2D eigenvalue weighted by Crippen LogP contribution is 2.35. The summed E-state index contributed by atoms with van der Waals surface area (Å²) in [7, 11) is 1.63. The molecule has 41 heavy (non-hydrogen) atoms. The first-order chi connectivity index (χ1) is 19.9. The summed E-state index contributed by atoms with van der Waals surface area (Å²) in [4.78, 5) is 32.9. The lowest BCUT2D eigenvalue weighted by molar-refractivity contribution is -0.130. The number of methoxy groups -OCH3 is 1. The maximum Gasteiger partial charge on any atom is 0.272 e. The van der Waals surface area contributed by atoms with Crippen molar-refractivity contribution in [3.05, 3.63) is 110 Å². The van der Waals surface area contributed by atoms with Gasteiger partial charge in [0.05, 0.1) is 40.9 Å². The fourth-order valence-electron chi connectivity index (χ4n) is 4.95. The number of fused-ring (bicyclic) bond motifs is 1. The summed E-state index contributed by atoms with van der Waals surface area (Å²) < 4.78 is 7.95. The summed E-state index contributed by atoms with van der Waals surface area (Å²) in [5, 5.41) is 6.92. The van der Waals surface area contributed by atoms with Crippen LogP contribution in [0.2, 0.25) is 0 Å². The van der Waals surface area contributed by atoms with Crippen molar-refractivity contribution in [1.29, 1.82) is 0 Å². The van der Waals surface area contributed by atoms with Gasteiger partial charge < -0.3 is 4.74 Å². The maximum atomic E-state index is 13.8. The van der Waals surface area contributed by atoms with Crippen LogP contribution in [0.1, 0.15) is 34.8 Å². The van der Waals surface area contributed by atoms with Crippen LogP contribution in [0.4, 0.5) is 0 Å². The number of thioether (sulfide) groups is 2. The van der Waals surface area contributed by atoms with Crippen molar-refractivity contribution in [2.75, 3.05) is 18.6 Å². The number of rotatable bonds is 7. The van der Waals surface area contributed by atoms with Gasteiger partial charge in [0.2, 0.25) is 0 Å². The van der Waals surface area contributed by atoms with Gasteiger partial charge in [-0.3, -0.25) is 14.2 Å². The smallest absolute Gasteiger partial charge is 0.272 e. The minimum Gasteiger partial charge on any atom is -0.497 e. The molecule has 2 aliphatic rings. The second-order valence-corrected chi connectivity index (χ2v) is 12.8. The number of nitrogens with zero attached hydrogens (tertiary/aromatic N) is 4. The maximum absolute atomic E-state index is 13.8. The number of hydrogen-bond donors (Lipinski definition) is 0. The van der Waals surface area contributed by atoms with Crippen molar-refractivity contribution in [2.45, 2.75) is 35.9 Å². The van der Waals surface area contributed by atoms with Gasteiger partial charge in [-0.2, -0.15) is 5.10 Å². The van der Waals surface area contributed by atoms with Crippen molar-refractivity contribution in [2.24, 2.45) is 5.10 Å². The molecule has 0 aliphatic carbocycles. The Morgan fingerprint density at radius 2 is 1.80 bits per heavy atom. The number of hydrazone groups is 1. The largest absolute Gasteiger partial charge is 0.497 e. The molecule has 0 N–H and O–H groups in total. The lowest BCUT2D eigenvalue weighted by Crippen LogP contribution is -2.29. The predicted molar refractivity (Wildman–Crippen MR) is 168 cm³/mol. The Hall–Kier alpha value is -3.34. The fraction of sp³-hybridized carbons (Fsp3) is 0.226. The van der Waals surface area contributed by atoms with Gasteiger partial charge in [-0.05, 0) is 54.4 Å². The Morgan fingerprint density at radius 3 is 2.51 bits per heavy atom. The topological polar surface area (TPSA) is 76.8 Å². The van der Waals surface area contributed by atoms with E-state index in [0.29, 0.717) is 16.5 Å². The van der Waals surface area contributed by atoms with Gasteiger partial charge >= 0.3 is 0 Å². The molecule has 0 spiro atoms. The highest BCUT2D eigenvalue weighted by Gasteiger charge is 2.33. The normalized spacial score (nSPS) is 16.0. The minimum atomic E-state index is -0.253. The molecule has 0 saturated carbocycles. The number of ether oxygens (including phenoxy) is 1. The van der Waals surface area contributed by atoms with Crippen LogP contribution in [0.15, 0.2) is 97.2 Å². The lowest BCUT2D eigenvalue weighted by Gasteiger charge is -2.22. The molecule has 0 saturated heterocycles. The summed E-state index contributed by atoms with van der Waals surface area (Å²) in [6.45, 7) is 2.01. The molecule has 3 heterocycles. The monoisotopic (exact) mass is 646 g/mol. The second-order valence-electron chi connectivity index (χ2n) is 9.82. The molecule has 4 aromatic rings. The summed E-state index contributed by atoms with van der Waals surface area (Å²) in [6, 6.07) is 23.3. The average Bonchev–Trinajstić information content (AvgIpc) is 3.65. The molecule has 3 aromatic carbocycles. The van der Waals surface area contributed by atoms with Crippen LogP contribution in [-0.4, -0.2) is 44.8 Å². The zero-order valence-electron chi connectivity index (χ0n) is 22.5. The van der Waals surface area contributed by atoms with Crippen LogP contribution in [0.5, 0.6) is 5.75 Å². The van der Waals surface area contributed by atoms with Crippen LogP contribution < -0.4 is 10.3 Å². The number of aryl methyl sites for hydroxylation is 2. The van der Waals surface area contributed by atoms with Crippen LogP contribution in [0.25, 0.3) is 5.69 Å². The van der Waals surface area contributed by atoms with Crippen molar-refractivity contribution < 1.29 is 9.53 Å². The van der Waals surface area contributed by atoms with E-state index >= 15 is 0 Å². The highest BCUT2D eigenvalue weighted by molar-refractivity contribution is 9.10. The van der Waals surface area contributed by atoms with E-state index in [1.807, 2.05) is 79.7 Å². The van der Waals surface area contributed by atoms with Gasteiger partial charge in [0, 0.05) is 23.1 Å². The molecule has 10 heteroatoms. The molecule has 1 unspecified atom stereocenters. The number of aromatic nitrogens is 2. The van der Waals surface area contributed by atoms with E-state index in [4.69, 9.17) is 14.8 Å². The number of hydrogen-bond acceptors (Lipinski definition) is 7. The number of carbonyl (C=O) groups excluding carboxylic acids is 1. The summed E-state index contributed by atoms with van der Waals surface area (Å²) >= 11 is 6.32. The van der Waals surface area contributed by atoms with Gasteiger partial charge in [-0.1, -0.05) is 69.7 Å². The van der Waals surface area contributed by atoms with Gasteiger partial charge in [0.1, 0.15) is 5.75 Å². The zero-order valence-corrected chi connectivity index (χ0v) is 25.8. The third-order valence-electron chi connectivity index (χ3n) is 7.13. The molecule has 1 aromatic heterocycles. The second kappa shape index (κ2) is 11.9. The first-order valence-electron chi connectivity index (χ1n) is 13.2. The quantitative estimate of drug-likeness (QED) is 0.170. The van der Waals surface area contributed by atoms with E-state index in [1.54, 1.807) is 28.4 Å². The van der Waals surface area contributed by atoms with Crippen LogP contribution >= 0.6 is 39.5 Å². The average molecular weight is 648 g/mol. The molecule has 2 aliphatic heterocycles. The molecule has 6 rings (SSSR count). The van der Waals surface area contributed by atoms with Crippen molar-refractivity contribution in [3.63, 3.8) is 0 Å². The third kappa shape index (κ3) is 5.73. The Balaban J connectivity index is 1.31. The first-order valence-corrected chi connectivity index (χ1v) is 16.0. The molecule has 208 valence electrons. The van der Waals surface area contributed by atoms with Crippen molar-refractivity contribution >= 4 is 51.1 Å². The molecule has 7 nitrogen and oxygen atoms in total. The van der Waals surface area contributed by atoms with Gasteiger partial charge in [0.15, 0.2) is 5.16 Å². The molecule has 0 radical (unpaired) electrons. The Labute approximate surface area is 255 Å².